The van der Waals surface area contributed by atoms with Crippen LogP contribution in [0.15, 0.2) is 12.2 Å². The van der Waals surface area contributed by atoms with Crippen molar-refractivity contribution in [2.45, 2.75) is 59.8 Å². The maximum Gasteiger partial charge on any atom is 0.140 e. The highest BCUT2D eigenvalue weighted by atomic mass is 16.1. The van der Waals surface area contributed by atoms with Gasteiger partial charge in [-0.1, -0.05) is 32.9 Å². The molecule has 0 aliphatic heterocycles. The number of allylic oxidation sites excluding steroid dienone is 2. The summed E-state index contributed by atoms with van der Waals surface area (Å²) in [4.78, 5) is 24.7. The van der Waals surface area contributed by atoms with Gasteiger partial charge in [-0.05, 0) is 50.4 Å². The van der Waals surface area contributed by atoms with E-state index in [9.17, 15) is 9.59 Å². The molecule has 2 rings (SSSR count). The zero-order valence-corrected chi connectivity index (χ0v) is 13.3. The van der Waals surface area contributed by atoms with E-state index in [0.29, 0.717) is 11.7 Å². The Morgan fingerprint density at radius 2 is 1.85 bits per heavy atom. The molecule has 1 saturated carbocycles. The third kappa shape index (κ3) is 3.21. The average molecular weight is 276 g/mol. The Morgan fingerprint density at radius 3 is 2.40 bits per heavy atom. The van der Waals surface area contributed by atoms with E-state index < -0.39 is 0 Å². The molecule has 0 saturated heterocycles. The highest BCUT2D eigenvalue weighted by molar-refractivity contribution is 5.90. The predicted molar refractivity (Wildman–Crippen MR) is 81.3 cm³/mol. The molecule has 1 fully saturated rings. The standard InChI is InChI=1S/C18H28O2/c1-12(14-8-6-5-7-9-14)17(20)16-11-18(3,4)10-15(16)13(2)19/h6,8,12,14-16H,5,7,9-11H2,1-4H3/t12-,14?,15?,16?/m0/s1. The number of hydrogen-bond acceptors (Lipinski definition) is 2. The van der Waals surface area contributed by atoms with Crippen molar-refractivity contribution in [2.24, 2.45) is 29.1 Å². The molecular weight excluding hydrogens is 248 g/mol. The van der Waals surface area contributed by atoms with Gasteiger partial charge in [0, 0.05) is 17.8 Å². The van der Waals surface area contributed by atoms with Crippen LogP contribution >= 0.6 is 0 Å². The SMILES string of the molecule is CC(=O)C1CC(C)(C)CC1C(=O)[C@@H](C)C1C=CCCC1. The van der Waals surface area contributed by atoms with E-state index in [0.717, 1.165) is 25.7 Å². The van der Waals surface area contributed by atoms with Gasteiger partial charge in [0.2, 0.25) is 0 Å². The summed E-state index contributed by atoms with van der Waals surface area (Å²) in [6, 6.07) is 0. The Morgan fingerprint density at radius 1 is 1.20 bits per heavy atom. The molecule has 4 atom stereocenters. The number of rotatable bonds is 4. The van der Waals surface area contributed by atoms with Crippen LogP contribution in [0.3, 0.4) is 0 Å². The Bertz CT molecular complexity index is 419. The minimum atomic E-state index is -0.0486. The van der Waals surface area contributed by atoms with Crippen LogP contribution < -0.4 is 0 Å². The van der Waals surface area contributed by atoms with E-state index in [1.54, 1.807) is 6.92 Å². The minimum absolute atomic E-state index is 0.0483. The van der Waals surface area contributed by atoms with Gasteiger partial charge in [-0.2, -0.15) is 0 Å². The van der Waals surface area contributed by atoms with Crippen molar-refractivity contribution in [2.75, 3.05) is 0 Å². The summed E-state index contributed by atoms with van der Waals surface area (Å²) in [5, 5.41) is 0. The normalized spacial score (nSPS) is 33.9. The fourth-order valence-corrected chi connectivity index (χ4v) is 4.09. The molecule has 2 nitrogen and oxygen atoms in total. The van der Waals surface area contributed by atoms with E-state index >= 15 is 0 Å². The van der Waals surface area contributed by atoms with Crippen molar-refractivity contribution in [1.82, 2.24) is 0 Å². The lowest BCUT2D eigenvalue weighted by atomic mass is 9.76. The van der Waals surface area contributed by atoms with Crippen molar-refractivity contribution < 1.29 is 9.59 Å². The Kier molecular flexibility index (Phi) is 4.51. The molecule has 0 bridgehead atoms. The van der Waals surface area contributed by atoms with Crippen LogP contribution in [0.25, 0.3) is 0 Å². The van der Waals surface area contributed by atoms with E-state index in [2.05, 4.69) is 32.9 Å². The first-order valence-corrected chi connectivity index (χ1v) is 8.03. The van der Waals surface area contributed by atoms with E-state index in [-0.39, 0.29) is 29.0 Å². The molecular formula is C18H28O2. The quantitative estimate of drug-likeness (QED) is 0.721. The van der Waals surface area contributed by atoms with Crippen LogP contribution in [-0.2, 0) is 9.59 Å². The summed E-state index contributed by atoms with van der Waals surface area (Å²) in [7, 11) is 0. The van der Waals surface area contributed by atoms with E-state index in [1.165, 1.54) is 6.42 Å². The second-order valence-electron chi connectivity index (χ2n) is 7.61. The summed E-state index contributed by atoms with van der Waals surface area (Å²) in [6.07, 6.45) is 9.61. The summed E-state index contributed by atoms with van der Waals surface area (Å²) >= 11 is 0. The maximum atomic E-state index is 12.9. The number of Topliss-reactive ketones (excluding diaryl/α,β-unsaturated/α-hetero) is 2. The predicted octanol–water partition coefficient (Wildman–Crippen LogP) is 4.19. The van der Waals surface area contributed by atoms with E-state index in [4.69, 9.17) is 0 Å². The number of hydrogen-bond donors (Lipinski definition) is 0. The van der Waals surface area contributed by atoms with Crippen LogP contribution in [0.5, 0.6) is 0 Å². The van der Waals surface area contributed by atoms with Gasteiger partial charge in [0.15, 0.2) is 0 Å². The molecule has 0 spiro atoms. The highest BCUT2D eigenvalue weighted by Crippen LogP contribution is 2.47. The van der Waals surface area contributed by atoms with Gasteiger partial charge in [-0.25, -0.2) is 0 Å². The molecule has 2 heteroatoms. The summed E-state index contributed by atoms with van der Waals surface area (Å²) in [5.74, 6) is 0.868. The van der Waals surface area contributed by atoms with Crippen molar-refractivity contribution in [3.63, 3.8) is 0 Å². The molecule has 0 amide bonds. The Hall–Kier alpha value is -0.920. The van der Waals surface area contributed by atoms with Gasteiger partial charge in [-0.3, -0.25) is 9.59 Å². The summed E-state index contributed by atoms with van der Waals surface area (Å²) < 4.78 is 0. The number of carbonyl (C=O) groups is 2. The van der Waals surface area contributed by atoms with E-state index in [1.807, 2.05) is 0 Å². The highest BCUT2D eigenvalue weighted by Gasteiger charge is 2.46. The average Bonchev–Trinajstić information content (AvgIpc) is 2.74. The Labute approximate surface area is 123 Å². The first-order valence-electron chi connectivity index (χ1n) is 8.03. The molecule has 3 unspecified atom stereocenters. The van der Waals surface area contributed by atoms with Gasteiger partial charge >= 0.3 is 0 Å². The molecule has 0 aromatic carbocycles. The third-order valence-corrected chi connectivity index (χ3v) is 5.30. The lowest BCUT2D eigenvalue weighted by Crippen LogP contribution is -2.31. The molecule has 2 aliphatic carbocycles. The molecule has 0 aromatic heterocycles. The number of carbonyl (C=O) groups excluding carboxylic acids is 2. The topological polar surface area (TPSA) is 34.1 Å². The first-order chi connectivity index (χ1) is 9.32. The largest absolute Gasteiger partial charge is 0.300 e. The lowest BCUT2D eigenvalue weighted by molar-refractivity contribution is -0.133. The first kappa shape index (κ1) is 15.5. The zero-order valence-electron chi connectivity index (χ0n) is 13.3. The van der Waals surface area contributed by atoms with Gasteiger partial charge in [0.05, 0.1) is 0 Å². The summed E-state index contributed by atoms with van der Waals surface area (Å²) in [5.41, 5.74) is 0.124. The number of ketones is 2. The van der Waals surface area contributed by atoms with Crippen LogP contribution in [0.2, 0.25) is 0 Å². The monoisotopic (exact) mass is 276 g/mol. The van der Waals surface area contributed by atoms with Gasteiger partial charge in [-0.15, -0.1) is 0 Å². The molecule has 2 aliphatic rings. The lowest BCUT2D eigenvalue weighted by Gasteiger charge is -2.26. The second-order valence-corrected chi connectivity index (χ2v) is 7.61. The molecule has 0 heterocycles. The zero-order chi connectivity index (χ0) is 14.9. The van der Waals surface area contributed by atoms with Crippen LogP contribution in [0.1, 0.15) is 59.8 Å². The van der Waals surface area contributed by atoms with Crippen LogP contribution in [0, 0.1) is 29.1 Å². The maximum absolute atomic E-state index is 12.9. The fraction of sp³-hybridized carbons (Fsp3) is 0.778. The molecule has 0 aromatic rings. The van der Waals surface area contributed by atoms with Crippen LogP contribution in [0.4, 0.5) is 0 Å². The summed E-state index contributed by atoms with van der Waals surface area (Å²) in [6.45, 7) is 8.07. The molecule has 20 heavy (non-hydrogen) atoms. The van der Waals surface area contributed by atoms with Gasteiger partial charge in [0.25, 0.3) is 0 Å². The van der Waals surface area contributed by atoms with Crippen molar-refractivity contribution >= 4 is 11.6 Å². The van der Waals surface area contributed by atoms with Gasteiger partial charge in [0.1, 0.15) is 11.6 Å². The van der Waals surface area contributed by atoms with Gasteiger partial charge < -0.3 is 0 Å². The van der Waals surface area contributed by atoms with Crippen molar-refractivity contribution in [1.29, 1.82) is 0 Å². The Balaban J connectivity index is 2.12. The smallest absolute Gasteiger partial charge is 0.140 e. The van der Waals surface area contributed by atoms with Crippen LogP contribution in [-0.4, -0.2) is 11.6 Å². The molecule has 112 valence electrons. The fourth-order valence-electron chi connectivity index (χ4n) is 4.09. The van der Waals surface area contributed by atoms with Crippen molar-refractivity contribution in [3.8, 4) is 0 Å². The minimum Gasteiger partial charge on any atom is -0.300 e. The second kappa shape index (κ2) is 5.83. The van der Waals surface area contributed by atoms with Crippen molar-refractivity contribution in [3.05, 3.63) is 12.2 Å². The molecule has 0 radical (unpaired) electrons. The molecule has 0 N–H and O–H groups in total. The third-order valence-electron chi connectivity index (χ3n) is 5.30.